The standard InChI is InChI=1S/C18H18N6O2S/c25-13-9-27-16(15(13)26)12-7-21-18-17(19-5-6-24(12)18)20-8-14-22-10-3-1-2-4-11(10)23-14/h1-7,13,15-16,25-26H,8-9H2,(H,19,20)(H,22,23)/t13-,15-,16+/m1/s1. The molecule has 0 aliphatic carbocycles. The highest BCUT2D eigenvalue weighted by Gasteiger charge is 2.37. The Morgan fingerprint density at radius 2 is 2.15 bits per heavy atom. The molecule has 0 bridgehead atoms. The van der Waals surface area contributed by atoms with Crippen LogP contribution in [0.25, 0.3) is 16.7 Å². The Balaban J connectivity index is 1.42. The van der Waals surface area contributed by atoms with E-state index in [9.17, 15) is 10.2 Å². The zero-order valence-electron chi connectivity index (χ0n) is 14.3. The van der Waals surface area contributed by atoms with Gasteiger partial charge in [-0.25, -0.2) is 15.0 Å². The van der Waals surface area contributed by atoms with E-state index in [1.165, 1.54) is 11.8 Å². The summed E-state index contributed by atoms with van der Waals surface area (Å²) >= 11 is 1.53. The molecule has 0 saturated carbocycles. The zero-order chi connectivity index (χ0) is 18.4. The Hall–Kier alpha value is -2.62. The molecule has 4 N–H and O–H groups in total. The van der Waals surface area contributed by atoms with Gasteiger partial charge in [-0.1, -0.05) is 12.1 Å². The Bertz CT molecular complexity index is 1080. The summed E-state index contributed by atoms with van der Waals surface area (Å²) in [5, 5.41) is 23.1. The Morgan fingerprint density at radius 3 is 2.96 bits per heavy atom. The predicted octanol–water partition coefficient (Wildman–Crippen LogP) is 1.73. The lowest BCUT2D eigenvalue weighted by Crippen LogP contribution is -2.25. The highest BCUT2D eigenvalue weighted by atomic mass is 32.2. The maximum absolute atomic E-state index is 10.2. The van der Waals surface area contributed by atoms with Gasteiger partial charge >= 0.3 is 0 Å². The Labute approximate surface area is 158 Å². The number of hydrogen-bond donors (Lipinski definition) is 4. The quantitative estimate of drug-likeness (QED) is 0.425. The summed E-state index contributed by atoms with van der Waals surface area (Å²) < 4.78 is 1.91. The number of thioether (sulfide) groups is 1. The molecule has 1 aromatic carbocycles. The first-order valence-corrected chi connectivity index (χ1v) is 9.73. The van der Waals surface area contributed by atoms with Crippen LogP contribution in [-0.4, -0.2) is 52.5 Å². The number of hydrogen-bond acceptors (Lipinski definition) is 7. The van der Waals surface area contributed by atoms with Gasteiger partial charge in [0.2, 0.25) is 0 Å². The highest BCUT2D eigenvalue weighted by Crippen LogP contribution is 2.40. The highest BCUT2D eigenvalue weighted by molar-refractivity contribution is 7.99. The smallest absolute Gasteiger partial charge is 0.180 e. The van der Waals surface area contributed by atoms with Crippen molar-refractivity contribution >= 4 is 34.3 Å². The summed E-state index contributed by atoms with van der Waals surface area (Å²) in [6, 6.07) is 7.89. The second-order valence-corrected chi connectivity index (χ2v) is 7.69. The third kappa shape index (κ3) is 2.84. The first-order valence-electron chi connectivity index (χ1n) is 8.68. The van der Waals surface area contributed by atoms with Gasteiger partial charge in [0, 0.05) is 18.1 Å². The fraction of sp³-hybridized carbons (Fsp3) is 0.278. The molecule has 27 heavy (non-hydrogen) atoms. The maximum Gasteiger partial charge on any atom is 0.180 e. The third-order valence-corrected chi connectivity index (χ3v) is 6.17. The van der Waals surface area contributed by atoms with Crippen LogP contribution in [0.4, 0.5) is 5.82 Å². The van der Waals surface area contributed by atoms with Crippen molar-refractivity contribution in [2.75, 3.05) is 11.1 Å². The molecule has 1 aliphatic rings. The summed E-state index contributed by atoms with van der Waals surface area (Å²) in [5.41, 5.74) is 3.45. The molecule has 0 unspecified atom stereocenters. The molecule has 0 radical (unpaired) electrons. The number of fused-ring (bicyclic) bond motifs is 2. The van der Waals surface area contributed by atoms with Gasteiger partial charge in [-0.05, 0) is 12.1 Å². The lowest BCUT2D eigenvalue weighted by atomic mass is 10.1. The molecular weight excluding hydrogens is 364 g/mol. The molecule has 9 heteroatoms. The predicted molar refractivity (Wildman–Crippen MR) is 104 cm³/mol. The van der Waals surface area contributed by atoms with E-state index in [1.54, 1.807) is 12.4 Å². The molecule has 4 heterocycles. The van der Waals surface area contributed by atoms with Crippen molar-refractivity contribution in [3.63, 3.8) is 0 Å². The fourth-order valence-corrected chi connectivity index (χ4v) is 4.72. The summed E-state index contributed by atoms with van der Waals surface area (Å²) in [7, 11) is 0. The normalized spacial score (nSPS) is 22.7. The van der Waals surface area contributed by atoms with Gasteiger partial charge in [-0.15, -0.1) is 11.8 Å². The van der Waals surface area contributed by atoms with Crippen LogP contribution >= 0.6 is 11.8 Å². The molecule has 0 amide bonds. The summed E-state index contributed by atoms with van der Waals surface area (Å²) in [5.74, 6) is 1.97. The van der Waals surface area contributed by atoms with Crippen LogP contribution in [0.1, 0.15) is 16.8 Å². The minimum absolute atomic E-state index is 0.208. The van der Waals surface area contributed by atoms with Crippen molar-refractivity contribution in [1.82, 2.24) is 24.3 Å². The van der Waals surface area contributed by atoms with Crippen molar-refractivity contribution in [2.45, 2.75) is 24.0 Å². The lowest BCUT2D eigenvalue weighted by Gasteiger charge is -2.15. The number of aliphatic hydroxyl groups excluding tert-OH is 2. The SMILES string of the molecule is O[C@@H]1[C@H](O)CS[C@H]1c1cnc2c(NCc3nc4ccccc4[nH]3)nccn12. The number of aliphatic hydroxyl groups is 2. The van der Waals surface area contributed by atoms with Gasteiger partial charge in [0.1, 0.15) is 5.82 Å². The lowest BCUT2D eigenvalue weighted by molar-refractivity contribution is 0.0411. The molecule has 3 aromatic heterocycles. The van der Waals surface area contributed by atoms with Gasteiger partial charge in [-0.3, -0.25) is 4.40 Å². The molecule has 138 valence electrons. The van der Waals surface area contributed by atoms with Crippen molar-refractivity contribution in [2.24, 2.45) is 0 Å². The number of aromatic amines is 1. The van der Waals surface area contributed by atoms with Crippen molar-refractivity contribution in [3.05, 3.63) is 54.4 Å². The molecule has 4 aromatic rings. The van der Waals surface area contributed by atoms with Gasteiger partial charge in [0.25, 0.3) is 0 Å². The number of aromatic nitrogens is 5. The Kier molecular flexibility index (Phi) is 4.00. The molecule has 1 fully saturated rings. The third-order valence-electron chi connectivity index (χ3n) is 4.76. The number of H-pyrrole nitrogens is 1. The summed E-state index contributed by atoms with van der Waals surface area (Å²) in [6.45, 7) is 0.489. The number of anilines is 1. The minimum atomic E-state index is -0.796. The number of imidazole rings is 2. The van der Waals surface area contributed by atoms with E-state index >= 15 is 0 Å². The number of para-hydroxylation sites is 2. The number of nitrogens with zero attached hydrogens (tertiary/aromatic N) is 4. The number of rotatable bonds is 4. The van der Waals surface area contributed by atoms with Crippen LogP contribution in [0, 0.1) is 0 Å². The van der Waals surface area contributed by atoms with Crippen molar-refractivity contribution in [1.29, 1.82) is 0 Å². The second kappa shape index (κ2) is 6.52. The first-order chi connectivity index (χ1) is 13.2. The molecule has 1 aliphatic heterocycles. The van der Waals surface area contributed by atoms with E-state index in [0.717, 1.165) is 22.6 Å². The van der Waals surface area contributed by atoms with Gasteiger partial charge < -0.3 is 20.5 Å². The van der Waals surface area contributed by atoms with Crippen LogP contribution < -0.4 is 5.32 Å². The topological polar surface area (TPSA) is 111 Å². The minimum Gasteiger partial charge on any atom is -0.390 e. The zero-order valence-corrected chi connectivity index (χ0v) is 15.1. The van der Waals surface area contributed by atoms with Gasteiger partial charge in [0.15, 0.2) is 11.5 Å². The van der Waals surface area contributed by atoms with Crippen LogP contribution in [0.2, 0.25) is 0 Å². The first kappa shape index (κ1) is 16.5. The number of nitrogens with one attached hydrogen (secondary N) is 2. The van der Waals surface area contributed by atoms with E-state index in [4.69, 9.17) is 0 Å². The summed E-state index contributed by atoms with van der Waals surface area (Å²) in [4.78, 5) is 16.7. The molecule has 3 atom stereocenters. The van der Waals surface area contributed by atoms with Gasteiger partial charge in [-0.2, -0.15) is 0 Å². The van der Waals surface area contributed by atoms with E-state index in [-0.39, 0.29) is 5.25 Å². The van der Waals surface area contributed by atoms with Crippen molar-refractivity contribution < 1.29 is 10.2 Å². The monoisotopic (exact) mass is 382 g/mol. The molecule has 1 saturated heterocycles. The van der Waals surface area contributed by atoms with E-state index in [0.29, 0.717) is 23.8 Å². The molecule has 0 spiro atoms. The number of benzene rings is 1. The van der Waals surface area contributed by atoms with Crippen LogP contribution in [0.15, 0.2) is 42.9 Å². The molecule has 8 nitrogen and oxygen atoms in total. The van der Waals surface area contributed by atoms with Crippen LogP contribution in [0.5, 0.6) is 0 Å². The van der Waals surface area contributed by atoms with E-state index in [2.05, 4.69) is 25.3 Å². The van der Waals surface area contributed by atoms with Crippen LogP contribution in [0.3, 0.4) is 0 Å². The Morgan fingerprint density at radius 1 is 1.26 bits per heavy atom. The second-order valence-electron chi connectivity index (χ2n) is 6.52. The molecular formula is C18H18N6O2S. The van der Waals surface area contributed by atoms with E-state index < -0.39 is 12.2 Å². The maximum atomic E-state index is 10.2. The van der Waals surface area contributed by atoms with Crippen molar-refractivity contribution in [3.8, 4) is 0 Å². The molecule has 5 rings (SSSR count). The average Bonchev–Trinajstić information content (AvgIpc) is 3.37. The largest absolute Gasteiger partial charge is 0.390 e. The summed E-state index contributed by atoms with van der Waals surface area (Å²) in [6.07, 6.45) is 3.75. The van der Waals surface area contributed by atoms with Gasteiger partial charge in [0.05, 0.1) is 46.9 Å². The average molecular weight is 382 g/mol. The van der Waals surface area contributed by atoms with E-state index in [1.807, 2.05) is 34.9 Å². The van der Waals surface area contributed by atoms with Crippen LogP contribution in [-0.2, 0) is 6.54 Å². The fourth-order valence-electron chi connectivity index (χ4n) is 3.39.